The van der Waals surface area contributed by atoms with Gasteiger partial charge in [-0.3, -0.25) is 4.79 Å². The van der Waals surface area contributed by atoms with Gasteiger partial charge in [-0.1, -0.05) is 17.7 Å². The van der Waals surface area contributed by atoms with Gasteiger partial charge < -0.3 is 9.32 Å². The first-order valence-corrected chi connectivity index (χ1v) is 9.84. The minimum atomic E-state index is -3.75. The van der Waals surface area contributed by atoms with Crippen molar-refractivity contribution in [3.05, 3.63) is 54.0 Å². The van der Waals surface area contributed by atoms with Gasteiger partial charge in [-0.2, -0.15) is 4.72 Å². The van der Waals surface area contributed by atoms with Crippen LogP contribution >= 0.6 is 0 Å². The van der Waals surface area contributed by atoms with Crippen molar-refractivity contribution in [3.8, 4) is 0 Å². The molecule has 1 aromatic heterocycles. The molecule has 1 amide bonds. The van der Waals surface area contributed by atoms with Gasteiger partial charge in [0.25, 0.3) is 0 Å². The molecule has 1 atom stereocenters. The summed E-state index contributed by atoms with van der Waals surface area (Å²) in [5, 5.41) is 0. The van der Waals surface area contributed by atoms with Crippen molar-refractivity contribution in [2.45, 2.75) is 37.1 Å². The Balaban J connectivity index is 1.80. The molecule has 1 fully saturated rings. The van der Waals surface area contributed by atoms with Crippen molar-refractivity contribution < 1.29 is 17.6 Å². The van der Waals surface area contributed by atoms with Gasteiger partial charge in [0.2, 0.25) is 15.9 Å². The molecule has 2 aromatic rings. The average molecular weight is 362 g/mol. The second-order valence-corrected chi connectivity index (χ2v) is 8.01. The SMILES string of the molecule is Cc1ccc(S(=O)(=O)NC(CC(=O)N2CCCC2)c2ccco2)cc1. The minimum Gasteiger partial charge on any atom is -0.468 e. The first-order valence-electron chi connectivity index (χ1n) is 8.36. The maximum absolute atomic E-state index is 12.7. The number of rotatable bonds is 6. The van der Waals surface area contributed by atoms with Crippen molar-refractivity contribution in [1.82, 2.24) is 9.62 Å². The first-order chi connectivity index (χ1) is 12.0. The third kappa shape index (κ3) is 4.29. The van der Waals surface area contributed by atoms with E-state index in [-0.39, 0.29) is 17.2 Å². The van der Waals surface area contributed by atoms with E-state index >= 15 is 0 Å². The summed E-state index contributed by atoms with van der Waals surface area (Å²) in [5.74, 6) is 0.369. The van der Waals surface area contributed by atoms with Crippen LogP contribution in [0.3, 0.4) is 0 Å². The molecule has 1 aliphatic rings. The molecule has 1 saturated heterocycles. The van der Waals surface area contributed by atoms with Crippen molar-refractivity contribution in [2.24, 2.45) is 0 Å². The number of nitrogens with one attached hydrogen (secondary N) is 1. The first kappa shape index (κ1) is 17.7. The monoisotopic (exact) mass is 362 g/mol. The lowest BCUT2D eigenvalue weighted by atomic mass is 10.1. The Morgan fingerprint density at radius 1 is 1.20 bits per heavy atom. The zero-order valence-corrected chi connectivity index (χ0v) is 15.0. The number of furan rings is 1. The molecule has 7 heteroatoms. The van der Waals surface area contributed by atoms with E-state index in [1.807, 2.05) is 6.92 Å². The number of hydrogen-bond donors (Lipinski definition) is 1. The normalized spacial score (nSPS) is 16.1. The number of carbonyl (C=O) groups is 1. The van der Waals surface area contributed by atoms with Crippen LogP contribution in [0.25, 0.3) is 0 Å². The zero-order valence-electron chi connectivity index (χ0n) is 14.1. The Hall–Kier alpha value is -2.12. The third-order valence-electron chi connectivity index (χ3n) is 4.35. The van der Waals surface area contributed by atoms with Crippen LogP contribution in [0.4, 0.5) is 0 Å². The Bertz CT molecular complexity index is 807. The van der Waals surface area contributed by atoms with Crippen LogP contribution in [-0.2, 0) is 14.8 Å². The lowest BCUT2D eigenvalue weighted by Gasteiger charge is -2.20. The van der Waals surface area contributed by atoms with Gasteiger partial charge in [0.05, 0.1) is 23.6 Å². The van der Waals surface area contributed by atoms with Crippen LogP contribution in [0.1, 0.15) is 36.6 Å². The highest BCUT2D eigenvalue weighted by atomic mass is 32.2. The van der Waals surface area contributed by atoms with E-state index in [1.54, 1.807) is 41.3 Å². The summed E-state index contributed by atoms with van der Waals surface area (Å²) in [6.45, 7) is 3.35. The van der Waals surface area contributed by atoms with E-state index in [9.17, 15) is 13.2 Å². The molecule has 1 aliphatic heterocycles. The van der Waals surface area contributed by atoms with E-state index in [2.05, 4.69) is 4.72 Å². The molecule has 134 valence electrons. The van der Waals surface area contributed by atoms with Gasteiger partial charge in [0.1, 0.15) is 5.76 Å². The molecular weight excluding hydrogens is 340 g/mol. The summed E-state index contributed by atoms with van der Waals surface area (Å²) in [4.78, 5) is 14.4. The molecule has 1 aromatic carbocycles. The molecule has 25 heavy (non-hydrogen) atoms. The lowest BCUT2D eigenvalue weighted by Crippen LogP contribution is -2.35. The Morgan fingerprint density at radius 3 is 2.48 bits per heavy atom. The molecule has 6 nitrogen and oxygen atoms in total. The van der Waals surface area contributed by atoms with E-state index in [0.717, 1.165) is 31.5 Å². The fourth-order valence-corrected chi connectivity index (χ4v) is 4.14. The maximum Gasteiger partial charge on any atom is 0.241 e. The minimum absolute atomic E-state index is 0.0403. The Morgan fingerprint density at radius 2 is 1.88 bits per heavy atom. The molecule has 0 spiro atoms. The van der Waals surface area contributed by atoms with Crippen molar-refractivity contribution in [1.29, 1.82) is 0 Å². The van der Waals surface area contributed by atoms with E-state index < -0.39 is 16.1 Å². The number of aryl methyl sites for hydroxylation is 1. The summed E-state index contributed by atoms with van der Waals surface area (Å²) in [6.07, 6.45) is 3.50. The average Bonchev–Trinajstić information content (AvgIpc) is 3.28. The fraction of sp³-hybridized carbons (Fsp3) is 0.389. The van der Waals surface area contributed by atoms with Crippen LogP contribution in [0, 0.1) is 6.92 Å². The number of amides is 1. The molecule has 1 unspecified atom stereocenters. The fourth-order valence-electron chi connectivity index (χ4n) is 2.93. The third-order valence-corrected chi connectivity index (χ3v) is 5.84. The Kier molecular flexibility index (Phi) is 5.24. The molecular formula is C18H22N2O4S. The maximum atomic E-state index is 12.7. The van der Waals surface area contributed by atoms with Crippen LogP contribution < -0.4 is 4.72 Å². The second-order valence-electron chi connectivity index (χ2n) is 6.29. The smallest absolute Gasteiger partial charge is 0.241 e. The number of hydrogen-bond acceptors (Lipinski definition) is 4. The number of likely N-dealkylation sites (tertiary alicyclic amines) is 1. The highest BCUT2D eigenvalue weighted by molar-refractivity contribution is 7.89. The molecule has 0 bridgehead atoms. The van der Waals surface area contributed by atoms with Gasteiger partial charge in [-0.25, -0.2) is 8.42 Å². The molecule has 0 radical (unpaired) electrons. The number of nitrogens with zero attached hydrogens (tertiary/aromatic N) is 1. The predicted molar refractivity (Wildman–Crippen MR) is 93.4 cm³/mol. The van der Waals surface area contributed by atoms with Gasteiger partial charge in [-0.05, 0) is 44.0 Å². The second kappa shape index (κ2) is 7.41. The van der Waals surface area contributed by atoms with Crippen LogP contribution in [0.15, 0.2) is 52.0 Å². The van der Waals surface area contributed by atoms with E-state index in [4.69, 9.17) is 4.42 Å². The standard InChI is InChI=1S/C18H22N2O4S/c1-14-6-8-15(9-7-14)25(22,23)19-16(17-5-4-12-24-17)13-18(21)20-10-2-3-11-20/h4-9,12,16,19H,2-3,10-11,13H2,1H3. The largest absolute Gasteiger partial charge is 0.468 e. The summed E-state index contributed by atoms with van der Waals surface area (Å²) in [6, 6.07) is 9.23. The number of benzene rings is 1. The topological polar surface area (TPSA) is 79.6 Å². The summed E-state index contributed by atoms with van der Waals surface area (Å²) in [7, 11) is -3.75. The number of carbonyl (C=O) groups excluding carboxylic acids is 1. The molecule has 0 aliphatic carbocycles. The Labute approximate surface area is 147 Å². The summed E-state index contributed by atoms with van der Waals surface area (Å²) < 4.78 is 33.3. The van der Waals surface area contributed by atoms with Crippen LogP contribution in [0.5, 0.6) is 0 Å². The van der Waals surface area contributed by atoms with Gasteiger partial charge >= 0.3 is 0 Å². The lowest BCUT2D eigenvalue weighted by molar-refractivity contribution is -0.130. The predicted octanol–water partition coefficient (Wildman–Crippen LogP) is 2.62. The molecule has 3 rings (SSSR count). The highest BCUT2D eigenvalue weighted by Crippen LogP contribution is 2.23. The zero-order chi connectivity index (χ0) is 17.9. The summed E-state index contributed by atoms with van der Waals surface area (Å²) in [5.41, 5.74) is 0.978. The van der Waals surface area contributed by atoms with Crippen molar-refractivity contribution in [2.75, 3.05) is 13.1 Å². The molecule has 0 saturated carbocycles. The van der Waals surface area contributed by atoms with Crippen LogP contribution in [0.2, 0.25) is 0 Å². The highest BCUT2D eigenvalue weighted by Gasteiger charge is 2.28. The molecule has 2 heterocycles. The molecule has 1 N–H and O–H groups in total. The van der Waals surface area contributed by atoms with Gasteiger partial charge in [0.15, 0.2) is 0 Å². The van der Waals surface area contributed by atoms with Gasteiger partial charge in [0, 0.05) is 13.1 Å². The van der Waals surface area contributed by atoms with Crippen molar-refractivity contribution >= 4 is 15.9 Å². The summed E-state index contributed by atoms with van der Waals surface area (Å²) >= 11 is 0. The van der Waals surface area contributed by atoms with Gasteiger partial charge in [-0.15, -0.1) is 0 Å². The van der Waals surface area contributed by atoms with E-state index in [0.29, 0.717) is 5.76 Å². The van der Waals surface area contributed by atoms with Crippen LogP contribution in [-0.4, -0.2) is 32.3 Å². The van der Waals surface area contributed by atoms with Crippen molar-refractivity contribution in [3.63, 3.8) is 0 Å². The number of sulfonamides is 1. The van der Waals surface area contributed by atoms with E-state index in [1.165, 1.54) is 6.26 Å². The quantitative estimate of drug-likeness (QED) is 0.857.